The highest BCUT2D eigenvalue weighted by Gasteiger charge is 2.12. The molecule has 0 aliphatic heterocycles. The summed E-state index contributed by atoms with van der Waals surface area (Å²) in [5, 5.41) is 6.94. The number of furan rings is 1. The molecular formula is C40H24N2O. The largest absolute Gasteiger partial charge is 0.456 e. The molecule has 43 heavy (non-hydrogen) atoms. The van der Waals surface area contributed by atoms with Crippen molar-refractivity contribution < 1.29 is 4.42 Å². The molecule has 0 aliphatic rings. The van der Waals surface area contributed by atoms with E-state index in [0.29, 0.717) is 0 Å². The molecule has 0 N–H and O–H groups in total. The van der Waals surface area contributed by atoms with Gasteiger partial charge in [0.2, 0.25) is 0 Å². The second-order valence-corrected chi connectivity index (χ2v) is 11.0. The minimum absolute atomic E-state index is 0.916. The molecule has 3 nitrogen and oxygen atoms in total. The van der Waals surface area contributed by atoms with Crippen LogP contribution in [-0.2, 0) is 0 Å². The van der Waals surface area contributed by atoms with E-state index < -0.39 is 0 Å². The summed E-state index contributed by atoms with van der Waals surface area (Å²) in [4.78, 5) is 9.35. The van der Waals surface area contributed by atoms with Gasteiger partial charge in [-0.1, -0.05) is 103 Å². The predicted molar refractivity (Wildman–Crippen MR) is 178 cm³/mol. The second kappa shape index (κ2) is 9.37. The van der Waals surface area contributed by atoms with E-state index >= 15 is 0 Å². The highest BCUT2D eigenvalue weighted by molar-refractivity contribution is 6.23. The van der Waals surface area contributed by atoms with Crippen LogP contribution < -0.4 is 0 Å². The van der Waals surface area contributed by atoms with Crippen molar-refractivity contribution in [2.45, 2.75) is 0 Å². The van der Waals surface area contributed by atoms with Crippen LogP contribution in [0.4, 0.5) is 0 Å². The molecule has 9 rings (SSSR count). The fourth-order valence-corrected chi connectivity index (χ4v) is 6.45. The Labute approximate surface area is 247 Å². The molecule has 200 valence electrons. The Morgan fingerprint density at radius 2 is 0.837 bits per heavy atom. The number of rotatable bonds is 3. The van der Waals surface area contributed by atoms with Crippen molar-refractivity contribution in [3.63, 3.8) is 0 Å². The molecular weight excluding hydrogens is 524 g/mol. The zero-order valence-electron chi connectivity index (χ0n) is 23.2. The molecule has 0 bridgehead atoms. The Morgan fingerprint density at radius 3 is 1.60 bits per heavy atom. The van der Waals surface area contributed by atoms with Gasteiger partial charge in [-0.3, -0.25) is 9.97 Å². The van der Waals surface area contributed by atoms with Gasteiger partial charge in [-0.15, -0.1) is 0 Å². The van der Waals surface area contributed by atoms with Crippen LogP contribution in [0.3, 0.4) is 0 Å². The summed E-state index contributed by atoms with van der Waals surface area (Å²) in [6, 6.07) is 47.5. The van der Waals surface area contributed by atoms with E-state index in [1.54, 1.807) is 12.4 Å². The first-order valence-corrected chi connectivity index (χ1v) is 14.5. The minimum Gasteiger partial charge on any atom is -0.456 e. The molecule has 0 spiro atoms. The van der Waals surface area contributed by atoms with Crippen LogP contribution in [0.5, 0.6) is 0 Å². The summed E-state index contributed by atoms with van der Waals surface area (Å²) in [6.45, 7) is 0. The topological polar surface area (TPSA) is 38.9 Å². The maximum atomic E-state index is 6.04. The third kappa shape index (κ3) is 3.83. The number of aromatic nitrogens is 2. The van der Waals surface area contributed by atoms with Crippen molar-refractivity contribution in [1.82, 2.24) is 9.97 Å². The number of fused-ring (bicyclic) bond motifs is 9. The summed E-state index contributed by atoms with van der Waals surface area (Å²) in [6.07, 6.45) is 3.54. The van der Waals surface area contributed by atoms with E-state index in [9.17, 15) is 0 Å². The molecule has 0 saturated carbocycles. The molecule has 0 unspecified atom stereocenters. The van der Waals surface area contributed by atoms with E-state index in [0.717, 1.165) is 43.7 Å². The van der Waals surface area contributed by atoms with E-state index in [1.165, 1.54) is 44.2 Å². The molecule has 9 aromatic rings. The van der Waals surface area contributed by atoms with Gasteiger partial charge in [-0.25, -0.2) is 0 Å². The minimum atomic E-state index is 0.916. The number of nitrogens with zero attached hydrogens (tertiary/aromatic N) is 2. The molecule has 0 radical (unpaired) electrons. The molecule has 2 aromatic heterocycles. The van der Waals surface area contributed by atoms with Gasteiger partial charge in [-0.05, 0) is 74.5 Å². The molecule has 7 aromatic carbocycles. The van der Waals surface area contributed by atoms with Crippen LogP contribution in [0, 0.1) is 0 Å². The SMILES string of the molecule is c1cc(-c2ccc(-c3ccc4c(c3)c3ccccc3c3nccnc43)cc2)cc(-c2ccc3oc4ccccc4c3c2)c1. The first kappa shape index (κ1) is 23.9. The lowest BCUT2D eigenvalue weighted by molar-refractivity contribution is 0.669. The molecule has 0 amide bonds. The maximum absolute atomic E-state index is 6.04. The summed E-state index contributed by atoms with van der Waals surface area (Å²) in [5.41, 5.74) is 10.8. The quantitative estimate of drug-likeness (QED) is 0.206. The van der Waals surface area contributed by atoms with Crippen LogP contribution in [-0.4, -0.2) is 9.97 Å². The van der Waals surface area contributed by atoms with Crippen LogP contribution in [0.25, 0.3) is 87.9 Å². The molecule has 0 atom stereocenters. The second-order valence-electron chi connectivity index (χ2n) is 11.0. The molecule has 0 aliphatic carbocycles. The summed E-state index contributed by atoms with van der Waals surface area (Å²) in [5.74, 6) is 0. The van der Waals surface area contributed by atoms with Gasteiger partial charge in [-0.2, -0.15) is 0 Å². The fraction of sp³-hybridized carbons (Fsp3) is 0. The highest BCUT2D eigenvalue weighted by atomic mass is 16.3. The van der Waals surface area contributed by atoms with Crippen molar-refractivity contribution in [1.29, 1.82) is 0 Å². The fourth-order valence-electron chi connectivity index (χ4n) is 6.45. The maximum Gasteiger partial charge on any atom is 0.135 e. The van der Waals surface area contributed by atoms with Crippen molar-refractivity contribution in [3.8, 4) is 33.4 Å². The van der Waals surface area contributed by atoms with Crippen molar-refractivity contribution in [3.05, 3.63) is 146 Å². The summed E-state index contributed by atoms with van der Waals surface area (Å²) >= 11 is 0. The van der Waals surface area contributed by atoms with Gasteiger partial charge in [0.1, 0.15) is 11.2 Å². The van der Waals surface area contributed by atoms with Crippen molar-refractivity contribution >= 4 is 54.5 Å². The number of hydrogen-bond acceptors (Lipinski definition) is 3. The predicted octanol–water partition coefficient (Wildman–Crippen LogP) is 10.8. The van der Waals surface area contributed by atoms with Crippen molar-refractivity contribution in [2.24, 2.45) is 0 Å². The Balaban J connectivity index is 1.09. The number of benzene rings is 7. The number of hydrogen-bond donors (Lipinski definition) is 0. The van der Waals surface area contributed by atoms with Gasteiger partial charge in [0.05, 0.1) is 11.0 Å². The van der Waals surface area contributed by atoms with E-state index in [4.69, 9.17) is 9.40 Å². The lowest BCUT2D eigenvalue weighted by Crippen LogP contribution is -1.89. The van der Waals surface area contributed by atoms with Crippen LogP contribution in [0.1, 0.15) is 0 Å². The first-order chi connectivity index (χ1) is 21.3. The van der Waals surface area contributed by atoms with Crippen LogP contribution >= 0.6 is 0 Å². The Hall–Kier alpha value is -5.80. The van der Waals surface area contributed by atoms with E-state index in [1.807, 2.05) is 12.1 Å². The lowest BCUT2D eigenvalue weighted by Gasteiger charge is -2.11. The lowest BCUT2D eigenvalue weighted by atomic mass is 9.94. The Kier molecular flexibility index (Phi) is 5.20. The first-order valence-electron chi connectivity index (χ1n) is 14.5. The zero-order chi connectivity index (χ0) is 28.3. The highest BCUT2D eigenvalue weighted by Crippen LogP contribution is 2.37. The van der Waals surface area contributed by atoms with Gasteiger partial charge >= 0.3 is 0 Å². The van der Waals surface area contributed by atoms with E-state index in [-0.39, 0.29) is 0 Å². The van der Waals surface area contributed by atoms with Gasteiger partial charge in [0.15, 0.2) is 0 Å². The average molecular weight is 549 g/mol. The third-order valence-corrected chi connectivity index (χ3v) is 8.57. The molecule has 3 heteroatoms. The normalized spacial score (nSPS) is 11.7. The summed E-state index contributed by atoms with van der Waals surface area (Å²) in [7, 11) is 0. The monoisotopic (exact) mass is 548 g/mol. The van der Waals surface area contributed by atoms with E-state index in [2.05, 4.69) is 126 Å². The van der Waals surface area contributed by atoms with Gasteiger partial charge in [0, 0.05) is 33.9 Å². The standard InChI is InChI=1S/C40H24N2O/c1-2-10-33-31(8-1)35-23-29(16-18-34(35)40-39(33)41-20-21-42-40)26-14-12-25(13-15-26)27-6-5-7-28(22-27)30-17-19-38-36(24-30)32-9-3-4-11-37(32)43-38/h1-24H. The van der Waals surface area contributed by atoms with Crippen LogP contribution in [0.15, 0.2) is 150 Å². The molecule has 2 heterocycles. The van der Waals surface area contributed by atoms with Crippen LogP contribution in [0.2, 0.25) is 0 Å². The summed E-state index contributed by atoms with van der Waals surface area (Å²) < 4.78 is 6.04. The van der Waals surface area contributed by atoms with Gasteiger partial charge in [0.25, 0.3) is 0 Å². The molecule has 0 fully saturated rings. The number of para-hydroxylation sites is 1. The zero-order valence-corrected chi connectivity index (χ0v) is 23.2. The average Bonchev–Trinajstić information content (AvgIpc) is 3.46. The Bertz CT molecular complexity index is 2470. The Morgan fingerprint density at radius 1 is 0.326 bits per heavy atom. The molecule has 0 saturated heterocycles. The van der Waals surface area contributed by atoms with Crippen molar-refractivity contribution in [2.75, 3.05) is 0 Å². The smallest absolute Gasteiger partial charge is 0.135 e. The van der Waals surface area contributed by atoms with Gasteiger partial charge < -0.3 is 4.42 Å². The third-order valence-electron chi connectivity index (χ3n) is 8.57.